The van der Waals surface area contributed by atoms with Crippen LogP contribution in [-0.2, 0) is 4.74 Å². The second-order valence-electron chi connectivity index (χ2n) is 5.49. The Bertz CT molecular complexity index is 214. The van der Waals surface area contributed by atoms with E-state index in [4.69, 9.17) is 4.74 Å². The lowest BCUT2D eigenvalue weighted by Crippen LogP contribution is -2.60. The van der Waals surface area contributed by atoms with Gasteiger partial charge in [-0.3, -0.25) is 0 Å². The number of rotatable bonds is 4. The quantitative estimate of drug-likeness (QED) is 0.770. The first-order valence-electron chi connectivity index (χ1n) is 6.64. The molecule has 0 aromatic carbocycles. The lowest BCUT2D eigenvalue weighted by atomic mass is 9.70. The van der Waals surface area contributed by atoms with Crippen molar-refractivity contribution in [1.29, 1.82) is 0 Å². The molecule has 2 aliphatic rings. The fourth-order valence-corrected chi connectivity index (χ4v) is 3.15. The summed E-state index contributed by atoms with van der Waals surface area (Å²) in [5, 5.41) is 19.8. The third-order valence-electron chi connectivity index (χ3n) is 4.62. The van der Waals surface area contributed by atoms with E-state index >= 15 is 0 Å². The summed E-state index contributed by atoms with van der Waals surface area (Å²) < 4.78 is 5.53. The van der Waals surface area contributed by atoms with Crippen LogP contribution in [0.15, 0.2) is 0 Å². The fraction of sp³-hybridized carbons (Fsp3) is 1.00. The third-order valence-corrected chi connectivity index (χ3v) is 4.62. The Hall–Kier alpha value is -0.120. The van der Waals surface area contributed by atoms with Crippen LogP contribution in [0.5, 0.6) is 0 Å². The van der Waals surface area contributed by atoms with Crippen molar-refractivity contribution in [3.8, 4) is 0 Å². The van der Waals surface area contributed by atoms with Crippen LogP contribution < -0.4 is 0 Å². The van der Waals surface area contributed by atoms with Gasteiger partial charge in [0.2, 0.25) is 0 Å². The van der Waals surface area contributed by atoms with E-state index in [0.29, 0.717) is 12.5 Å². The average molecular weight is 228 g/mol. The number of hydrogen-bond donors (Lipinski definition) is 2. The first kappa shape index (κ1) is 12.3. The molecule has 3 atom stereocenters. The minimum Gasteiger partial charge on any atom is -0.396 e. The molecule has 1 saturated heterocycles. The largest absolute Gasteiger partial charge is 0.396 e. The first-order valence-corrected chi connectivity index (χ1v) is 6.64. The predicted octanol–water partition coefficient (Wildman–Crippen LogP) is 1.72. The molecule has 1 heterocycles. The molecule has 16 heavy (non-hydrogen) atoms. The minimum absolute atomic E-state index is 0.134. The van der Waals surface area contributed by atoms with Crippen LogP contribution in [0.2, 0.25) is 0 Å². The van der Waals surface area contributed by atoms with Crippen molar-refractivity contribution in [3.05, 3.63) is 0 Å². The Labute approximate surface area is 97.8 Å². The maximum absolute atomic E-state index is 10.4. The number of aliphatic hydroxyl groups excluding tert-OH is 2. The maximum atomic E-state index is 10.4. The van der Waals surface area contributed by atoms with Gasteiger partial charge in [0, 0.05) is 5.41 Å². The Kier molecular flexibility index (Phi) is 3.88. The number of aliphatic hydroxyl groups is 2. The van der Waals surface area contributed by atoms with E-state index in [2.05, 4.69) is 6.92 Å². The molecule has 1 aliphatic heterocycles. The number of ether oxygens (including phenoxy) is 1. The van der Waals surface area contributed by atoms with Crippen LogP contribution in [0.3, 0.4) is 0 Å². The van der Waals surface area contributed by atoms with Crippen molar-refractivity contribution in [3.63, 3.8) is 0 Å². The van der Waals surface area contributed by atoms with Crippen molar-refractivity contribution in [2.24, 2.45) is 11.3 Å². The topological polar surface area (TPSA) is 49.7 Å². The van der Waals surface area contributed by atoms with E-state index in [-0.39, 0.29) is 24.2 Å². The van der Waals surface area contributed by atoms with Crippen LogP contribution in [0, 0.1) is 11.3 Å². The van der Waals surface area contributed by atoms with Gasteiger partial charge in [0.15, 0.2) is 0 Å². The summed E-state index contributed by atoms with van der Waals surface area (Å²) in [6.45, 7) is 2.81. The van der Waals surface area contributed by atoms with E-state index in [1.807, 2.05) is 0 Å². The Morgan fingerprint density at radius 3 is 2.44 bits per heavy atom. The lowest BCUT2D eigenvalue weighted by molar-refractivity contribution is -0.251. The zero-order chi connectivity index (χ0) is 11.6. The van der Waals surface area contributed by atoms with E-state index < -0.39 is 0 Å². The summed E-state index contributed by atoms with van der Waals surface area (Å²) in [6, 6.07) is 0. The van der Waals surface area contributed by atoms with Crippen LogP contribution >= 0.6 is 0 Å². The second kappa shape index (κ2) is 5.03. The van der Waals surface area contributed by atoms with E-state index in [1.54, 1.807) is 0 Å². The summed E-state index contributed by atoms with van der Waals surface area (Å²) in [5.74, 6) is 0.386. The lowest BCUT2D eigenvalue weighted by Gasteiger charge is -2.51. The van der Waals surface area contributed by atoms with Crippen molar-refractivity contribution in [2.45, 2.75) is 57.7 Å². The molecule has 2 fully saturated rings. The van der Waals surface area contributed by atoms with Gasteiger partial charge in [-0.2, -0.15) is 0 Å². The van der Waals surface area contributed by atoms with Crippen molar-refractivity contribution in [1.82, 2.24) is 0 Å². The average Bonchev–Trinajstić information content (AvgIpc) is 2.31. The van der Waals surface area contributed by atoms with Crippen LogP contribution in [0.4, 0.5) is 0 Å². The molecule has 3 heteroatoms. The van der Waals surface area contributed by atoms with E-state index in [9.17, 15) is 10.2 Å². The summed E-state index contributed by atoms with van der Waals surface area (Å²) in [4.78, 5) is 0. The Balaban J connectivity index is 1.96. The molecule has 2 rings (SSSR count). The second-order valence-corrected chi connectivity index (χ2v) is 5.49. The molecular weight excluding hydrogens is 204 g/mol. The standard InChI is InChI=1S/C13H24O3/c1-2-13(8-14)9-16-12(13)11(15)10-6-4-3-5-7-10/h10-12,14-15H,2-9H2,1H3. The molecule has 0 bridgehead atoms. The predicted molar refractivity (Wildman–Crippen MR) is 62.1 cm³/mol. The number of hydrogen-bond acceptors (Lipinski definition) is 3. The SMILES string of the molecule is CCC1(CO)COC1C(O)C1CCCCC1. The Morgan fingerprint density at radius 2 is 2.00 bits per heavy atom. The maximum Gasteiger partial charge on any atom is 0.0936 e. The monoisotopic (exact) mass is 228 g/mol. The van der Waals surface area contributed by atoms with E-state index in [0.717, 1.165) is 19.3 Å². The minimum atomic E-state index is -0.374. The van der Waals surface area contributed by atoms with Gasteiger partial charge in [-0.1, -0.05) is 26.2 Å². The summed E-state index contributed by atoms with van der Waals surface area (Å²) in [7, 11) is 0. The van der Waals surface area contributed by atoms with Gasteiger partial charge in [-0.25, -0.2) is 0 Å². The summed E-state index contributed by atoms with van der Waals surface area (Å²) >= 11 is 0. The highest BCUT2D eigenvalue weighted by atomic mass is 16.5. The highest BCUT2D eigenvalue weighted by molar-refractivity contribution is 4.99. The van der Waals surface area contributed by atoms with Crippen LogP contribution in [0.1, 0.15) is 45.4 Å². The third kappa shape index (κ3) is 2.01. The van der Waals surface area contributed by atoms with Crippen LogP contribution in [-0.4, -0.2) is 35.6 Å². The van der Waals surface area contributed by atoms with E-state index in [1.165, 1.54) is 19.3 Å². The van der Waals surface area contributed by atoms with Gasteiger partial charge in [0.1, 0.15) is 0 Å². The molecule has 0 spiro atoms. The molecule has 0 amide bonds. The molecule has 0 aromatic rings. The summed E-state index contributed by atoms with van der Waals surface area (Å²) in [5.41, 5.74) is -0.170. The molecule has 1 saturated carbocycles. The smallest absolute Gasteiger partial charge is 0.0936 e. The molecule has 94 valence electrons. The zero-order valence-electron chi connectivity index (χ0n) is 10.2. The molecule has 0 radical (unpaired) electrons. The normalized spacial score (nSPS) is 38.1. The van der Waals surface area contributed by atoms with Gasteiger partial charge in [0.05, 0.1) is 25.4 Å². The molecule has 1 aliphatic carbocycles. The Morgan fingerprint density at radius 1 is 1.31 bits per heavy atom. The van der Waals surface area contributed by atoms with Crippen molar-refractivity contribution in [2.75, 3.05) is 13.2 Å². The fourth-order valence-electron chi connectivity index (χ4n) is 3.15. The zero-order valence-corrected chi connectivity index (χ0v) is 10.2. The molecule has 3 unspecified atom stereocenters. The van der Waals surface area contributed by atoms with Gasteiger partial charge in [-0.05, 0) is 25.2 Å². The van der Waals surface area contributed by atoms with Gasteiger partial charge < -0.3 is 14.9 Å². The molecule has 3 nitrogen and oxygen atoms in total. The summed E-state index contributed by atoms with van der Waals surface area (Å²) in [6.07, 6.45) is 6.37. The van der Waals surface area contributed by atoms with Crippen LogP contribution in [0.25, 0.3) is 0 Å². The molecular formula is C13H24O3. The van der Waals surface area contributed by atoms with Crippen molar-refractivity contribution < 1.29 is 14.9 Å². The first-order chi connectivity index (χ1) is 7.73. The molecule has 0 aromatic heterocycles. The van der Waals surface area contributed by atoms with Gasteiger partial charge in [-0.15, -0.1) is 0 Å². The van der Waals surface area contributed by atoms with Gasteiger partial charge in [0.25, 0.3) is 0 Å². The van der Waals surface area contributed by atoms with Crippen molar-refractivity contribution >= 4 is 0 Å². The molecule has 2 N–H and O–H groups in total. The van der Waals surface area contributed by atoms with Gasteiger partial charge >= 0.3 is 0 Å². The highest BCUT2D eigenvalue weighted by Gasteiger charge is 2.51. The highest BCUT2D eigenvalue weighted by Crippen LogP contribution is 2.43.